The maximum atomic E-state index is 12.0. The van der Waals surface area contributed by atoms with E-state index in [0.29, 0.717) is 19.7 Å². The van der Waals surface area contributed by atoms with Crippen molar-refractivity contribution in [3.8, 4) is 11.5 Å². The highest BCUT2D eigenvalue weighted by Gasteiger charge is 2.22. The fraction of sp³-hybridized carbons (Fsp3) is 0.588. The summed E-state index contributed by atoms with van der Waals surface area (Å²) in [5, 5.41) is 2.96. The summed E-state index contributed by atoms with van der Waals surface area (Å²) in [4.78, 5) is 14.3. The number of ether oxygens (including phenoxy) is 2. The van der Waals surface area contributed by atoms with E-state index in [-0.39, 0.29) is 12.0 Å². The number of carbonyl (C=O) groups excluding carboxylic acids is 1. The minimum atomic E-state index is -0.125. The summed E-state index contributed by atoms with van der Waals surface area (Å²) in [6.45, 7) is 5.75. The van der Waals surface area contributed by atoms with Crippen molar-refractivity contribution in [1.82, 2.24) is 10.2 Å². The quantitative estimate of drug-likeness (QED) is 0.919. The smallest absolute Gasteiger partial charge is 0.234 e. The minimum absolute atomic E-state index is 0.0667. The Bertz CT molecular complexity index is 512. The Balaban J connectivity index is 1.40. The average Bonchev–Trinajstić information content (AvgIpc) is 2.55. The third-order valence-electron chi connectivity index (χ3n) is 4.34. The Morgan fingerprint density at radius 2 is 2.00 bits per heavy atom. The lowest BCUT2D eigenvalue weighted by atomic mass is 9.99. The van der Waals surface area contributed by atoms with Gasteiger partial charge in [0.25, 0.3) is 0 Å². The number of likely N-dealkylation sites (tertiary alicyclic amines) is 1. The first-order valence-corrected chi connectivity index (χ1v) is 8.08. The number of benzene rings is 1. The Kier molecular flexibility index (Phi) is 4.83. The number of piperidine rings is 1. The lowest BCUT2D eigenvalue weighted by Gasteiger charge is -2.30. The molecule has 2 heterocycles. The SMILES string of the molecule is CC1CCN(CC(=O)NC[C@@H]2COc3ccccc3O2)CC1. The summed E-state index contributed by atoms with van der Waals surface area (Å²) in [5.41, 5.74) is 0. The fourth-order valence-electron chi connectivity index (χ4n) is 2.87. The second-order valence-corrected chi connectivity index (χ2v) is 6.26. The monoisotopic (exact) mass is 304 g/mol. The lowest BCUT2D eigenvalue weighted by molar-refractivity contribution is -0.123. The van der Waals surface area contributed by atoms with Gasteiger partial charge in [-0.15, -0.1) is 0 Å². The third kappa shape index (κ3) is 3.91. The second kappa shape index (κ2) is 7.01. The Labute approximate surface area is 131 Å². The van der Waals surface area contributed by atoms with Gasteiger partial charge in [0.2, 0.25) is 5.91 Å². The topological polar surface area (TPSA) is 50.8 Å². The molecule has 3 rings (SSSR count). The average molecular weight is 304 g/mol. The molecule has 1 atom stereocenters. The van der Waals surface area contributed by atoms with Crippen molar-refractivity contribution in [2.75, 3.05) is 32.8 Å². The molecule has 5 heteroatoms. The standard InChI is InChI=1S/C17H24N2O3/c1-13-6-8-19(9-7-13)11-17(20)18-10-14-12-21-15-4-2-3-5-16(15)22-14/h2-5,13-14H,6-12H2,1H3,(H,18,20)/t14-/m1/s1. The molecule has 1 amide bonds. The summed E-state index contributed by atoms with van der Waals surface area (Å²) in [6, 6.07) is 7.62. The van der Waals surface area contributed by atoms with E-state index in [2.05, 4.69) is 17.1 Å². The van der Waals surface area contributed by atoms with Gasteiger partial charge in [0.05, 0.1) is 13.1 Å². The van der Waals surface area contributed by atoms with Crippen LogP contribution in [0.1, 0.15) is 19.8 Å². The number of nitrogens with one attached hydrogen (secondary N) is 1. The van der Waals surface area contributed by atoms with Crippen LogP contribution in [0.2, 0.25) is 0 Å². The molecule has 0 radical (unpaired) electrons. The van der Waals surface area contributed by atoms with Crippen molar-refractivity contribution in [1.29, 1.82) is 0 Å². The van der Waals surface area contributed by atoms with Gasteiger partial charge in [0.1, 0.15) is 12.7 Å². The molecule has 2 aliphatic rings. The van der Waals surface area contributed by atoms with Crippen molar-refractivity contribution < 1.29 is 14.3 Å². The van der Waals surface area contributed by atoms with Crippen molar-refractivity contribution >= 4 is 5.91 Å². The van der Waals surface area contributed by atoms with E-state index < -0.39 is 0 Å². The summed E-state index contributed by atoms with van der Waals surface area (Å²) in [7, 11) is 0. The zero-order valence-electron chi connectivity index (χ0n) is 13.1. The van der Waals surface area contributed by atoms with E-state index in [1.807, 2.05) is 24.3 Å². The first-order valence-electron chi connectivity index (χ1n) is 8.08. The van der Waals surface area contributed by atoms with E-state index in [1.165, 1.54) is 12.8 Å². The molecule has 1 saturated heterocycles. The molecule has 0 bridgehead atoms. The molecule has 1 fully saturated rings. The molecule has 0 aromatic heterocycles. The van der Waals surface area contributed by atoms with Crippen LogP contribution < -0.4 is 14.8 Å². The molecule has 5 nitrogen and oxygen atoms in total. The van der Waals surface area contributed by atoms with Gasteiger partial charge >= 0.3 is 0 Å². The Hall–Kier alpha value is -1.75. The van der Waals surface area contributed by atoms with Crippen LogP contribution >= 0.6 is 0 Å². The van der Waals surface area contributed by atoms with Crippen LogP contribution in [0.4, 0.5) is 0 Å². The Morgan fingerprint density at radius 1 is 1.27 bits per heavy atom. The van der Waals surface area contributed by atoms with Gasteiger partial charge in [-0.3, -0.25) is 9.69 Å². The number of para-hydroxylation sites is 2. The first-order chi connectivity index (χ1) is 10.7. The van der Waals surface area contributed by atoms with Crippen LogP contribution in [-0.4, -0.2) is 49.7 Å². The molecule has 120 valence electrons. The van der Waals surface area contributed by atoms with Crippen LogP contribution in [0.3, 0.4) is 0 Å². The first kappa shape index (κ1) is 15.2. The number of carbonyl (C=O) groups is 1. The van der Waals surface area contributed by atoms with E-state index in [1.54, 1.807) is 0 Å². The second-order valence-electron chi connectivity index (χ2n) is 6.26. The van der Waals surface area contributed by atoms with Gasteiger partial charge in [-0.1, -0.05) is 19.1 Å². The molecule has 1 N–H and O–H groups in total. The minimum Gasteiger partial charge on any atom is -0.486 e. The molecule has 0 aliphatic carbocycles. The van der Waals surface area contributed by atoms with Crippen LogP contribution in [0, 0.1) is 5.92 Å². The van der Waals surface area contributed by atoms with E-state index in [9.17, 15) is 4.79 Å². The predicted molar refractivity (Wildman–Crippen MR) is 84.2 cm³/mol. The number of rotatable bonds is 4. The normalized spacial score (nSPS) is 22.3. The largest absolute Gasteiger partial charge is 0.486 e. The molecular weight excluding hydrogens is 280 g/mol. The highest BCUT2D eigenvalue weighted by molar-refractivity contribution is 5.78. The Morgan fingerprint density at radius 3 is 2.77 bits per heavy atom. The number of hydrogen-bond donors (Lipinski definition) is 1. The number of hydrogen-bond acceptors (Lipinski definition) is 4. The van der Waals surface area contributed by atoms with Crippen LogP contribution in [-0.2, 0) is 4.79 Å². The molecule has 2 aliphatic heterocycles. The van der Waals surface area contributed by atoms with Gasteiger partial charge < -0.3 is 14.8 Å². The van der Waals surface area contributed by atoms with E-state index >= 15 is 0 Å². The molecule has 1 aromatic rings. The van der Waals surface area contributed by atoms with Crippen LogP contribution in [0.15, 0.2) is 24.3 Å². The van der Waals surface area contributed by atoms with Crippen molar-refractivity contribution in [3.63, 3.8) is 0 Å². The molecular formula is C17H24N2O3. The zero-order valence-corrected chi connectivity index (χ0v) is 13.1. The third-order valence-corrected chi connectivity index (χ3v) is 4.34. The predicted octanol–water partition coefficient (Wildman–Crippen LogP) is 1.67. The highest BCUT2D eigenvalue weighted by Crippen LogP contribution is 2.30. The molecule has 0 saturated carbocycles. The molecule has 0 spiro atoms. The molecule has 0 unspecified atom stereocenters. The molecule has 22 heavy (non-hydrogen) atoms. The van der Waals surface area contributed by atoms with Gasteiger partial charge in [-0.25, -0.2) is 0 Å². The molecule has 1 aromatic carbocycles. The maximum Gasteiger partial charge on any atom is 0.234 e. The maximum absolute atomic E-state index is 12.0. The van der Waals surface area contributed by atoms with Crippen molar-refractivity contribution in [2.45, 2.75) is 25.9 Å². The number of amides is 1. The lowest BCUT2D eigenvalue weighted by Crippen LogP contribution is -2.45. The van der Waals surface area contributed by atoms with E-state index in [4.69, 9.17) is 9.47 Å². The van der Waals surface area contributed by atoms with Crippen molar-refractivity contribution in [3.05, 3.63) is 24.3 Å². The number of fused-ring (bicyclic) bond motifs is 1. The fourth-order valence-corrected chi connectivity index (χ4v) is 2.87. The van der Waals surface area contributed by atoms with Crippen LogP contribution in [0.5, 0.6) is 11.5 Å². The van der Waals surface area contributed by atoms with Gasteiger partial charge in [0.15, 0.2) is 11.5 Å². The van der Waals surface area contributed by atoms with Crippen molar-refractivity contribution in [2.24, 2.45) is 5.92 Å². The number of nitrogens with zero attached hydrogens (tertiary/aromatic N) is 1. The highest BCUT2D eigenvalue weighted by atomic mass is 16.6. The van der Waals surface area contributed by atoms with E-state index in [0.717, 1.165) is 30.5 Å². The van der Waals surface area contributed by atoms with Crippen LogP contribution in [0.25, 0.3) is 0 Å². The summed E-state index contributed by atoms with van der Waals surface area (Å²) in [6.07, 6.45) is 2.24. The van der Waals surface area contributed by atoms with Gasteiger partial charge in [0, 0.05) is 0 Å². The zero-order chi connectivity index (χ0) is 15.4. The summed E-state index contributed by atoms with van der Waals surface area (Å²) >= 11 is 0. The summed E-state index contributed by atoms with van der Waals surface area (Å²) in [5.74, 6) is 2.37. The summed E-state index contributed by atoms with van der Waals surface area (Å²) < 4.78 is 11.5. The van der Waals surface area contributed by atoms with Gasteiger partial charge in [-0.05, 0) is 44.0 Å². The van der Waals surface area contributed by atoms with Gasteiger partial charge in [-0.2, -0.15) is 0 Å².